The molecule has 5 heteroatoms. The van der Waals surface area contributed by atoms with Crippen LogP contribution in [0.4, 0.5) is 13.2 Å². The van der Waals surface area contributed by atoms with Gasteiger partial charge in [-0.1, -0.05) is 0 Å². The van der Waals surface area contributed by atoms with Crippen molar-refractivity contribution in [3.05, 3.63) is 90.5 Å². The third kappa shape index (κ3) is 3.21. The molecule has 3 aromatic rings. The third-order valence-electron chi connectivity index (χ3n) is 3.32. The Bertz CT molecular complexity index is 777. The first-order valence-corrected chi connectivity index (χ1v) is 12.9. The van der Waals surface area contributed by atoms with E-state index in [-0.39, 0.29) is 0 Å². The van der Waals surface area contributed by atoms with Crippen LogP contribution < -0.4 is 12.1 Å². The molecule has 0 amide bonds. The second-order valence-electron chi connectivity index (χ2n) is 4.88. The summed E-state index contributed by atoms with van der Waals surface area (Å²) < 4.78 is 43.0. The Balaban J connectivity index is 2.33. The van der Waals surface area contributed by atoms with Gasteiger partial charge in [0.25, 0.3) is 0 Å². The summed E-state index contributed by atoms with van der Waals surface area (Å²) in [5.41, 5.74) is -0.577. The third-order valence-corrected chi connectivity index (χ3v) is 13.7. The molecule has 24 heavy (non-hydrogen) atoms. The SMILES string of the molecule is FC(F)(F)c1cccc[c]1[Pd]([Br])([c]1ccccc1)[c]1ccccc1. The molecule has 0 radical (unpaired) electrons. The first-order chi connectivity index (χ1) is 11.4. The number of benzene rings is 3. The van der Waals surface area contributed by atoms with Crippen molar-refractivity contribution in [1.29, 1.82) is 0 Å². The van der Waals surface area contributed by atoms with E-state index in [1.807, 2.05) is 60.7 Å². The fraction of sp³-hybridized carbons (Fsp3) is 0.0526. The number of hydrogen-bond acceptors (Lipinski definition) is 0. The number of hydrogen-bond donors (Lipinski definition) is 0. The van der Waals surface area contributed by atoms with Gasteiger partial charge in [0.05, 0.1) is 0 Å². The van der Waals surface area contributed by atoms with Gasteiger partial charge in [-0.25, -0.2) is 0 Å². The minimum atomic E-state index is -4.39. The molecular weight excluding hydrogens is 472 g/mol. The molecule has 0 atom stereocenters. The van der Waals surface area contributed by atoms with Crippen LogP contribution in [0.25, 0.3) is 0 Å². The first-order valence-electron chi connectivity index (χ1n) is 7.06. The molecule has 0 spiro atoms. The second-order valence-corrected chi connectivity index (χ2v) is 14.0. The summed E-state index contributed by atoms with van der Waals surface area (Å²) in [5, 5.41) is 0. The van der Waals surface area contributed by atoms with E-state index in [0.717, 1.165) is 14.1 Å². The fourth-order valence-electron chi connectivity index (χ4n) is 2.26. The molecule has 0 aromatic heterocycles. The van der Waals surface area contributed by atoms with Crippen LogP contribution in [0.1, 0.15) is 5.56 Å². The zero-order valence-corrected chi connectivity index (χ0v) is 15.6. The summed E-state index contributed by atoms with van der Waals surface area (Å²) in [4.78, 5) is 0. The molecule has 0 aliphatic rings. The van der Waals surface area contributed by atoms with Gasteiger partial charge in [-0.2, -0.15) is 0 Å². The zero-order chi connectivity index (χ0) is 17.2. The Morgan fingerprint density at radius 3 is 1.50 bits per heavy atom. The summed E-state index contributed by atoms with van der Waals surface area (Å²) in [6.07, 6.45) is -4.39. The zero-order valence-electron chi connectivity index (χ0n) is 12.4. The van der Waals surface area contributed by atoms with Crippen LogP contribution >= 0.6 is 13.4 Å². The maximum absolute atomic E-state index is 13.6. The van der Waals surface area contributed by atoms with Gasteiger partial charge in [0.2, 0.25) is 0 Å². The molecular formula is C19H14BrF3Pd. The van der Waals surface area contributed by atoms with Crippen molar-refractivity contribution < 1.29 is 26.7 Å². The molecule has 3 aromatic carbocycles. The maximum atomic E-state index is 13.6. The number of halogens is 4. The normalized spacial score (nSPS) is 12.8. The quantitative estimate of drug-likeness (QED) is 0.481. The van der Waals surface area contributed by atoms with Gasteiger partial charge in [0.15, 0.2) is 0 Å². The van der Waals surface area contributed by atoms with Crippen molar-refractivity contribution in [3.63, 3.8) is 0 Å². The molecule has 3 rings (SSSR count). The van der Waals surface area contributed by atoms with E-state index in [1.54, 1.807) is 12.1 Å². The van der Waals surface area contributed by atoms with E-state index in [0.29, 0.717) is 4.04 Å². The van der Waals surface area contributed by atoms with Gasteiger partial charge >= 0.3 is 149 Å². The van der Waals surface area contributed by atoms with E-state index >= 15 is 0 Å². The summed E-state index contributed by atoms with van der Waals surface area (Å²) in [6.45, 7) is 0. The Kier molecular flexibility index (Phi) is 4.96. The van der Waals surface area contributed by atoms with E-state index < -0.39 is 25.3 Å². The van der Waals surface area contributed by atoms with Crippen LogP contribution in [0.2, 0.25) is 0 Å². The number of alkyl halides is 3. The van der Waals surface area contributed by atoms with Crippen molar-refractivity contribution >= 4 is 25.5 Å². The molecule has 0 saturated heterocycles. The summed E-state index contributed by atoms with van der Waals surface area (Å²) in [5.74, 6) is 0. The first kappa shape index (κ1) is 17.4. The topological polar surface area (TPSA) is 0 Å². The summed E-state index contributed by atoms with van der Waals surface area (Å²) in [6, 6.07) is 24.6. The van der Waals surface area contributed by atoms with Gasteiger partial charge in [-0.05, 0) is 0 Å². The van der Waals surface area contributed by atoms with Gasteiger partial charge in [0.1, 0.15) is 0 Å². The Morgan fingerprint density at radius 1 is 0.625 bits per heavy atom. The minimum absolute atomic E-state index is 0.326. The van der Waals surface area contributed by atoms with Crippen molar-refractivity contribution in [2.24, 2.45) is 0 Å². The van der Waals surface area contributed by atoms with Crippen LogP contribution in [0.3, 0.4) is 0 Å². The molecule has 0 fully saturated rings. The van der Waals surface area contributed by atoms with Crippen molar-refractivity contribution in [2.75, 3.05) is 0 Å². The molecule has 0 aliphatic heterocycles. The van der Waals surface area contributed by atoms with E-state index in [2.05, 4.69) is 13.4 Å². The molecule has 0 bridgehead atoms. The van der Waals surface area contributed by atoms with Crippen LogP contribution in [-0.4, -0.2) is 0 Å². The summed E-state index contributed by atoms with van der Waals surface area (Å²) >= 11 is 0.715. The van der Waals surface area contributed by atoms with Crippen molar-refractivity contribution in [3.8, 4) is 0 Å². The van der Waals surface area contributed by atoms with Crippen molar-refractivity contribution in [1.82, 2.24) is 0 Å². The van der Waals surface area contributed by atoms with E-state index in [4.69, 9.17) is 0 Å². The summed E-state index contributed by atoms with van der Waals surface area (Å²) in [7, 11) is 0. The average Bonchev–Trinajstić information content (AvgIpc) is 2.62. The fourth-order valence-corrected chi connectivity index (χ4v) is 10.5. The van der Waals surface area contributed by atoms with Crippen LogP contribution in [0.5, 0.6) is 0 Å². The monoisotopic (exact) mass is 484 g/mol. The van der Waals surface area contributed by atoms with Gasteiger partial charge < -0.3 is 0 Å². The molecule has 0 saturated carbocycles. The van der Waals surface area contributed by atoms with Crippen LogP contribution in [0.15, 0.2) is 84.9 Å². The molecule has 128 valence electrons. The Hall–Kier alpha value is -1.41. The van der Waals surface area contributed by atoms with Crippen molar-refractivity contribution in [2.45, 2.75) is 6.18 Å². The molecule has 0 aliphatic carbocycles. The second kappa shape index (κ2) is 6.84. The van der Waals surface area contributed by atoms with E-state index in [1.165, 1.54) is 6.07 Å². The van der Waals surface area contributed by atoms with Crippen LogP contribution in [0, 0.1) is 0 Å². The van der Waals surface area contributed by atoms with E-state index in [9.17, 15) is 13.2 Å². The standard InChI is InChI=1S/C7H4F3.2C6H5.BrH.Pd/c8-7(9,10)6-4-2-1-3-5-6;2*1-2-4-6-5-3-1;;/h1-4H;2*1-5H;1H;/q;;;;+1/p-1. The Labute approximate surface area is 148 Å². The number of rotatable bonds is 3. The predicted molar refractivity (Wildman–Crippen MR) is 92.2 cm³/mol. The van der Waals surface area contributed by atoms with Crippen LogP contribution in [-0.2, 0) is 19.7 Å². The molecule has 0 nitrogen and oxygen atoms in total. The average molecular weight is 486 g/mol. The van der Waals surface area contributed by atoms with Gasteiger partial charge in [0, 0.05) is 0 Å². The van der Waals surface area contributed by atoms with Gasteiger partial charge in [-0.3, -0.25) is 0 Å². The molecule has 0 heterocycles. The van der Waals surface area contributed by atoms with Gasteiger partial charge in [-0.15, -0.1) is 0 Å². The molecule has 0 N–H and O–H groups in total. The molecule has 0 unspecified atom stereocenters. The Morgan fingerprint density at radius 2 is 1.04 bits per heavy atom. The predicted octanol–water partition coefficient (Wildman–Crippen LogP) is 4.45.